The van der Waals surface area contributed by atoms with Gasteiger partial charge < -0.3 is 10.2 Å². The van der Waals surface area contributed by atoms with Crippen molar-refractivity contribution in [2.45, 2.75) is 20.4 Å². The van der Waals surface area contributed by atoms with E-state index in [9.17, 15) is 4.79 Å². The number of hydrogen-bond donors (Lipinski definition) is 1. The number of amides is 2. The first-order valence-electron chi connectivity index (χ1n) is 7.30. The molecule has 0 unspecified atom stereocenters. The molecule has 0 atom stereocenters. The normalized spacial score (nSPS) is 16.4. The van der Waals surface area contributed by atoms with Crippen LogP contribution >= 0.6 is 0 Å². The summed E-state index contributed by atoms with van der Waals surface area (Å²) in [5.41, 5.74) is 1.09. The second-order valence-corrected chi connectivity index (χ2v) is 5.66. The third kappa shape index (κ3) is 4.49. The summed E-state index contributed by atoms with van der Waals surface area (Å²) in [6.45, 7) is 9.20. The molecule has 0 radical (unpaired) electrons. The second kappa shape index (κ2) is 7.24. The fourth-order valence-corrected chi connectivity index (χ4v) is 2.23. The molecule has 1 aliphatic heterocycles. The van der Waals surface area contributed by atoms with Gasteiger partial charge in [0, 0.05) is 45.5 Å². The molecular formula is C15H24N4O. The first kappa shape index (κ1) is 14.8. The van der Waals surface area contributed by atoms with Gasteiger partial charge in [-0.15, -0.1) is 0 Å². The van der Waals surface area contributed by atoms with Crippen molar-refractivity contribution in [2.24, 2.45) is 5.92 Å². The van der Waals surface area contributed by atoms with Gasteiger partial charge in [0.25, 0.3) is 0 Å². The Kier molecular flexibility index (Phi) is 5.35. The minimum absolute atomic E-state index is 0.0659. The van der Waals surface area contributed by atoms with Crippen LogP contribution in [0.2, 0.25) is 0 Å². The van der Waals surface area contributed by atoms with Gasteiger partial charge in [-0.25, -0.2) is 4.79 Å². The molecule has 1 saturated heterocycles. The molecule has 1 N–H and O–H groups in total. The van der Waals surface area contributed by atoms with Crippen molar-refractivity contribution in [1.82, 2.24) is 20.1 Å². The van der Waals surface area contributed by atoms with Gasteiger partial charge in [0.2, 0.25) is 0 Å². The Morgan fingerprint density at radius 2 is 2.05 bits per heavy atom. The van der Waals surface area contributed by atoms with Crippen molar-refractivity contribution < 1.29 is 4.79 Å². The Hall–Kier alpha value is -1.62. The van der Waals surface area contributed by atoms with Crippen LogP contribution in [0.15, 0.2) is 24.4 Å². The van der Waals surface area contributed by atoms with E-state index in [4.69, 9.17) is 0 Å². The number of nitrogens with one attached hydrogen (secondary N) is 1. The lowest BCUT2D eigenvalue weighted by Gasteiger charge is -2.34. The minimum Gasteiger partial charge on any atom is -0.338 e. The maximum atomic E-state index is 12.0. The summed E-state index contributed by atoms with van der Waals surface area (Å²) in [6, 6.07) is 6.05. The molecule has 110 valence electrons. The molecule has 2 amide bonds. The molecule has 1 fully saturated rings. The van der Waals surface area contributed by atoms with Crippen molar-refractivity contribution in [3.05, 3.63) is 30.1 Å². The van der Waals surface area contributed by atoms with E-state index >= 15 is 0 Å². The highest BCUT2D eigenvalue weighted by Crippen LogP contribution is 2.06. The Balaban J connectivity index is 1.73. The van der Waals surface area contributed by atoms with Gasteiger partial charge in [0.05, 0.1) is 5.69 Å². The number of urea groups is 1. The van der Waals surface area contributed by atoms with E-state index in [1.807, 2.05) is 29.3 Å². The van der Waals surface area contributed by atoms with Gasteiger partial charge in [-0.05, 0) is 18.1 Å². The Morgan fingerprint density at radius 1 is 1.30 bits per heavy atom. The van der Waals surface area contributed by atoms with Gasteiger partial charge >= 0.3 is 6.03 Å². The molecule has 0 spiro atoms. The number of hydrogen-bond acceptors (Lipinski definition) is 3. The summed E-state index contributed by atoms with van der Waals surface area (Å²) in [5, 5.41) is 2.97. The second-order valence-electron chi connectivity index (χ2n) is 5.66. The molecule has 0 aliphatic carbocycles. The lowest BCUT2D eigenvalue weighted by Crippen LogP contribution is -2.51. The van der Waals surface area contributed by atoms with Gasteiger partial charge in [0.1, 0.15) is 0 Å². The van der Waals surface area contributed by atoms with Crippen LogP contribution in [0.5, 0.6) is 0 Å². The van der Waals surface area contributed by atoms with Crippen molar-refractivity contribution >= 4 is 6.03 Å². The molecule has 1 aromatic rings. The Morgan fingerprint density at radius 3 is 2.65 bits per heavy atom. The van der Waals surface area contributed by atoms with E-state index in [-0.39, 0.29) is 6.03 Å². The number of piperazine rings is 1. The first-order chi connectivity index (χ1) is 9.65. The SMILES string of the molecule is CC(C)CNC(=O)N1CCN(Cc2ccccn2)CC1. The maximum Gasteiger partial charge on any atom is 0.317 e. The van der Waals surface area contributed by atoms with Gasteiger partial charge in [-0.2, -0.15) is 0 Å². The fourth-order valence-electron chi connectivity index (χ4n) is 2.23. The van der Waals surface area contributed by atoms with Crippen molar-refractivity contribution in [3.8, 4) is 0 Å². The van der Waals surface area contributed by atoms with Crippen LogP contribution in [-0.4, -0.2) is 53.5 Å². The summed E-state index contributed by atoms with van der Waals surface area (Å²) in [6.07, 6.45) is 1.82. The van der Waals surface area contributed by atoms with E-state index in [2.05, 4.69) is 29.0 Å². The summed E-state index contributed by atoms with van der Waals surface area (Å²) in [4.78, 5) is 20.5. The first-order valence-corrected chi connectivity index (χ1v) is 7.30. The molecule has 1 aliphatic rings. The van der Waals surface area contributed by atoms with E-state index in [1.54, 1.807) is 0 Å². The molecular weight excluding hydrogens is 252 g/mol. The lowest BCUT2D eigenvalue weighted by molar-refractivity contribution is 0.134. The van der Waals surface area contributed by atoms with Gasteiger partial charge in [0.15, 0.2) is 0 Å². The Labute approximate surface area is 121 Å². The molecule has 2 rings (SSSR count). The molecule has 0 saturated carbocycles. The number of carbonyl (C=O) groups is 1. The molecule has 2 heterocycles. The summed E-state index contributed by atoms with van der Waals surface area (Å²) >= 11 is 0. The van der Waals surface area contributed by atoms with Crippen LogP contribution in [0, 0.1) is 5.92 Å². The third-order valence-corrected chi connectivity index (χ3v) is 3.43. The quantitative estimate of drug-likeness (QED) is 0.908. The molecule has 1 aromatic heterocycles. The van der Waals surface area contributed by atoms with Crippen LogP contribution in [0.1, 0.15) is 19.5 Å². The van der Waals surface area contributed by atoms with Crippen LogP contribution in [0.3, 0.4) is 0 Å². The zero-order valence-electron chi connectivity index (χ0n) is 12.4. The summed E-state index contributed by atoms with van der Waals surface area (Å²) in [7, 11) is 0. The zero-order chi connectivity index (χ0) is 14.4. The number of carbonyl (C=O) groups excluding carboxylic acids is 1. The predicted molar refractivity (Wildman–Crippen MR) is 79.3 cm³/mol. The van der Waals surface area contributed by atoms with Gasteiger partial charge in [-0.1, -0.05) is 19.9 Å². The lowest BCUT2D eigenvalue weighted by atomic mass is 10.2. The summed E-state index contributed by atoms with van der Waals surface area (Å²) < 4.78 is 0. The average molecular weight is 276 g/mol. The van der Waals surface area contributed by atoms with Crippen LogP contribution in [0.4, 0.5) is 4.79 Å². The molecule has 5 heteroatoms. The Bertz CT molecular complexity index is 413. The van der Waals surface area contributed by atoms with Crippen molar-refractivity contribution in [1.29, 1.82) is 0 Å². The van der Waals surface area contributed by atoms with Crippen LogP contribution in [-0.2, 0) is 6.54 Å². The molecule has 5 nitrogen and oxygen atoms in total. The van der Waals surface area contributed by atoms with E-state index in [1.165, 1.54) is 0 Å². The number of aromatic nitrogens is 1. The highest BCUT2D eigenvalue weighted by molar-refractivity contribution is 5.74. The topological polar surface area (TPSA) is 48.5 Å². The highest BCUT2D eigenvalue weighted by Gasteiger charge is 2.21. The molecule has 20 heavy (non-hydrogen) atoms. The molecule has 0 aromatic carbocycles. The zero-order valence-corrected chi connectivity index (χ0v) is 12.4. The maximum absolute atomic E-state index is 12.0. The monoisotopic (exact) mass is 276 g/mol. The van der Waals surface area contributed by atoms with Crippen LogP contribution < -0.4 is 5.32 Å². The van der Waals surface area contributed by atoms with Crippen molar-refractivity contribution in [3.63, 3.8) is 0 Å². The van der Waals surface area contributed by atoms with E-state index < -0.39 is 0 Å². The predicted octanol–water partition coefficient (Wildman–Crippen LogP) is 1.56. The number of nitrogens with zero attached hydrogens (tertiary/aromatic N) is 3. The van der Waals surface area contributed by atoms with E-state index in [0.29, 0.717) is 5.92 Å². The van der Waals surface area contributed by atoms with Crippen molar-refractivity contribution in [2.75, 3.05) is 32.7 Å². The third-order valence-electron chi connectivity index (χ3n) is 3.43. The largest absolute Gasteiger partial charge is 0.338 e. The number of pyridine rings is 1. The molecule has 0 bridgehead atoms. The standard InChI is InChI=1S/C15H24N4O/c1-13(2)11-17-15(20)19-9-7-18(8-10-19)12-14-5-3-4-6-16-14/h3-6,13H,7-12H2,1-2H3,(H,17,20). The van der Waals surface area contributed by atoms with Crippen LogP contribution in [0.25, 0.3) is 0 Å². The fraction of sp³-hybridized carbons (Fsp3) is 0.600. The smallest absolute Gasteiger partial charge is 0.317 e. The highest BCUT2D eigenvalue weighted by atomic mass is 16.2. The minimum atomic E-state index is 0.0659. The number of rotatable bonds is 4. The van der Waals surface area contributed by atoms with E-state index in [0.717, 1.165) is 45.0 Å². The van der Waals surface area contributed by atoms with Gasteiger partial charge in [-0.3, -0.25) is 9.88 Å². The summed E-state index contributed by atoms with van der Waals surface area (Å²) in [5.74, 6) is 0.490. The average Bonchev–Trinajstić information content (AvgIpc) is 2.46.